The lowest BCUT2D eigenvalue weighted by Gasteiger charge is -2.14. The van der Waals surface area contributed by atoms with Gasteiger partial charge in [0.1, 0.15) is 5.52 Å². The van der Waals surface area contributed by atoms with E-state index >= 15 is 0 Å². The molecule has 1 N–H and O–H groups in total. The largest absolute Gasteiger partial charge is 0.330 e. The molecule has 0 spiro atoms. The molecule has 2 unspecified atom stereocenters. The van der Waals surface area contributed by atoms with Crippen LogP contribution in [0, 0.1) is 16.4 Å². The van der Waals surface area contributed by atoms with Gasteiger partial charge in [0.05, 0.1) is 5.52 Å². The molecular weight excluding hydrogens is 298 g/mol. The van der Waals surface area contributed by atoms with Gasteiger partial charge < -0.3 is 9.55 Å². The summed E-state index contributed by atoms with van der Waals surface area (Å²) in [7, 11) is 0. The monoisotopic (exact) mass is 314 g/mol. The number of thioether (sulfide) groups is 1. The zero-order chi connectivity index (χ0) is 14.3. The van der Waals surface area contributed by atoms with Gasteiger partial charge in [-0.2, -0.15) is 11.8 Å². The Morgan fingerprint density at radius 1 is 1.40 bits per heavy atom. The van der Waals surface area contributed by atoms with Crippen LogP contribution in [0.3, 0.4) is 0 Å². The molecule has 1 aliphatic rings. The fourth-order valence-corrected chi connectivity index (χ4v) is 4.52. The summed E-state index contributed by atoms with van der Waals surface area (Å²) in [6.07, 6.45) is 3.04. The number of nitrogens with one attached hydrogen (secondary N) is 1. The first-order chi connectivity index (χ1) is 9.61. The Kier molecular flexibility index (Phi) is 3.86. The van der Waals surface area contributed by atoms with Crippen LogP contribution in [0.4, 0.5) is 8.78 Å². The molecule has 3 rings (SSSR count). The van der Waals surface area contributed by atoms with Gasteiger partial charge in [0.25, 0.3) is 0 Å². The average molecular weight is 314 g/mol. The Morgan fingerprint density at radius 3 is 2.95 bits per heavy atom. The van der Waals surface area contributed by atoms with Crippen LogP contribution in [0.25, 0.3) is 11.0 Å². The van der Waals surface area contributed by atoms with E-state index in [2.05, 4.69) is 11.9 Å². The maximum atomic E-state index is 14.1. The van der Waals surface area contributed by atoms with Gasteiger partial charge in [-0.1, -0.05) is 6.92 Å². The predicted octanol–water partition coefficient (Wildman–Crippen LogP) is 4.82. The van der Waals surface area contributed by atoms with Gasteiger partial charge >= 0.3 is 0 Å². The number of aromatic nitrogens is 2. The zero-order valence-corrected chi connectivity index (χ0v) is 12.8. The molecule has 0 amide bonds. The minimum absolute atomic E-state index is 0.164. The summed E-state index contributed by atoms with van der Waals surface area (Å²) < 4.78 is 29.8. The van der Waals surface area contributed by atoms with E-state index in [4.69, 9.17) is 12.2 Å². The van der Waals surface area contributed by atoms with E-state index in [1.807, 2.05) is 11.8 Å². The summed E-state index contributed by atoms with van der Waals surface area (Å²) in [6, 6.07) is 2.85. The maximum absolute atomic E-state index is 14.1. The van der Waals surface area contributed by atoms with Crippen molar-refractivity contribution >= 4 is 35.0 Å². The molecule has 2 atom stereocenters. The first-order valence-corrected chi connectivity index (χ1v) is 8.27. The molecule has 0 bridgehead atoms. The van der Waals surface area contributed by atoms with Gasteiger partial charge in [-0.05, 0) is 49.4 Å². The summed E-state index contributed by atoms with van der Waals surface area (Å²) >= 11 is 7.24. The fraction of sp³-hybridized carbons (Fsp3) is 0.500. The number of fused-ring (bicyclic) bond motifs is 1. The molecule has 1 aliphatic carbocycles. The second-order valence-electron chi connectivity index (χ2n) is 5.10. The van der Waals surface area contributed by atoms with Crippen LogP contribution >= 0.6 is 24.0 Å². The van der Waals surface area contributed by atoms with E-state index in [0.717, 1.165) is 31.1 Å². The summed E-state index contributed by atoms with van der Waals surface area (Å²) in [5.41, 5.74) is 0.850. The van der Waals surface area contributed by atoms with Crippen LogP contribution in [-0.4, -0.2) is 20.6 Å². The lowest BCUT2D eigenvalue weighted by atomic mass is 10.2. The molecular formula is C14H16F2N2S2. The average Bonchev–Trinajstić information content (AvgIpc) is 2.98. The maximum Gasteiger partial charge on any atom is 0.184 e. The van der Waals surface area contributed by atoms with Crippen molar-refractivity contribution in [3.05, 3.63) is 28.5 Å². The topological polar surface area (TPSA) is 20.7 Å². The molecule has 0 aliphatic heterocycles. The van der Waals surface area contributed by atoms with E-state index in [0.29, 0.717) is 15.5 Å². The highest BCUT2D eigenvalue weighted by atomic mass is 32.2. The van der Waals surface area contributed by atoms with E-state index in [1.54, 1.807) is 10.6 Å². The van der Waals surface area contributed by atoms with Gasteiger partial charge in [0.2, 0.25) is 0 Å². The van der Waals surface area contributed by atoms with Crippen molar-refractivity contribution in [3.8, 4) is 0 Å². The van der Waals surface area contributed by atoms with Crippen molar-refractivity contribution < 1.29 is 8.78 Å². The van der Waals surface area contributed by atoms with Crippen molar-refractivity contribution in [2.45, 2.75) is 37.5 Å². The smallest absolute Gasteiger partial charge is 0.184 e. The number of H-pyrrole nitrogens is 1. The number of rotatable bonds is 3. The third-order valence-corrected chi connectivity index (χ3v) is 5.43. The predicted molar refractivity (Wildman–Crippen MR) is 81.8 cm³/mol. The molecule has 1 aromatic heterocycles. The van der Waals surface area contributed by atoms with E-state index < -0.39 is 11.6 Å². The SMILES string of the molecule is CCSC1CCC(n2c(=S)[nH]c3ccc(F)c(F)c32)C1. The first kappa shape index (κ1) is 14.1. The highest BCUT2D eigenvalue weighted by Gasteiger charge is 2.28. The first-order valence-electron chi connectivity index (χ1n) is 6.81. The second kappa shape index (κ2) is 5.48. The Labute approximate surface area is 125 Å². The summed E-state index contributed by atoms with van der Waals surface area (Å²) in [6.45, 7) is 2.14. The number of benzene rings is 1. The fourth-order valence-electron chi connectivity index (χ4n) is 3.04. The molecule has 1 fully saturated rings. The van der Waals surface area contributed by atoms with Crippen LogP contribution in [0.15, 0.2) is 12.1 Å². The zero-order valence-electron chi connectivity index (χ0n) is 11.2. The Bertz CT molecular complexity index is 692. The van der Waals surface area contributed by atoms with Crippen LogP contribution in [0.1, 0.15) is 32.2 Å². The van der Waals surface area contributed by atoms with Gasteiger partial charge in [-0.25, -0.2) is 8.78 Å². The van der Waals surface area contributed by atoms with E-state index in [-0.39, 0.29) is 11.6 Å². The lowest BCUT2D eigenvalue weighted by Crippen LogP contribution is -2.08. The highest BCUT2D eigenvalue weighted by molar-refractivity contribution is 7.99. The molecule has 2 nitrogen and oxygen atoms in total. The number of halogens is 2. The molecule has 108 valence electrons. The molecule has 20 heavy (non-hydrogen) atoms. The van der Waals surface area contributed by atoms with Crippen LogP contribution in [0.2, 0.25) is 0 Å². The Morgan fingerprint density at radius 2 is 2.20 bits per heavy atom. The van der Waals surface area contributed by atoms with E-state index in [9.17, 15) is 8.78 Å². The molecule has 1 saturated carbocycles. The molecule has 1 aromatic carbocycles. The molecule has 0 saturated heterocycles. The third kappa shape index (κ3) is 2.29. The van der Waals surface area contributed by atoms with Gasteiger partial charge in [0.15, 0.2) is 16.4 Å². The van der Waals surface area contributed by atoms with Gasteiger partial charge in [-0.15, -0.1) is 0 Å². The van der Waals surface area contributed by atoms with Crippen LogP contribution < -0.4 is 0 Å². The highest BCUT2D eigenvalue weighted by Crippen LogP contribution is 2.39. The minimum Gasteiger partial charge on any atom is -0.330 e. The number of nitrogens with zero attached hydrogens (tertiary/aromatic N) is 1. The van der Waals surface area contributed by atoms with Crippen molar-refractivity contribution in [2.24, 2.45) is 0 Å². The van der Waals surface area contributed by atoms with Gasteiger partial charge in [-0.3, -0.25) is 0 Å². The molecule has 0 radical (unpaired) electrons. The number of hydrogen-bond acceptors (Lipinski definition) is 2. The Balaban J connectivity index is 2.06. The summed E-state index contributed by atoms with van der Waals surface area (Å²) in [4.78, 5) is 2.98. The second-order valence-corrected chi connectivity index (χ2v) is 7.07. The number of hydrogen-bond donors (Lipinski definition) is 1. The third-order valence-electron chi connectivity index (χ3n) is 3.89. The number of aromatic amines is 1. The van der Waals surface area contributed by atoms with Crippen molar-refractivity contribution in [2.75, 3.05) is 5.75 Å². The summed E-state index contributed by atoms with van der Waals surface area (Å²) in [5.74, 6) is -0.543. The molecule has 2 aromatic rings. The molecule has 6 heteroatoms. The standard InChI is InChI=1S/C14H16F2N2S2/c1-2-20-9-4-3-8(7-9)18-13-11(17-14(18)19)6-5-10(15)12(13)16/h5-6,8-9H,2-4,7H2,1H3,(H,17,19). The van der Waals surface area contributed by atoms with Gasteiger partial charge in [0, 0.05) is 11.3 Å². The Hall–Kier alpha value is -0.880. The molecule has 1 heterocycles. The quantitative estimate of drug-likeness (QED) is 0.820. The minimum atomic E-state index is -0.822. The summed E-state index contributed by atoms with van der Waals surface area (Å²) in [5, 5.41) is 0.591. The normalized spacial score (nSPS) is 22.8. The van der Waals surface area contributed by atoms with Crippen molar-refractivity contribution in [1.29, 1.82) is 0 Å². The van der Waals surface area contributed by atoms with Crippen LogP contribution in [0.5, 0.6) is 0 Å². The lowest BCUT2D eigenvalue weighted by molar-refractivity contribution is 0.490. The number of imidazole rings is 1. The van der Waals surface area contributed by atoms with Crippen molar-refractivity contribution in [3.63, 3.8) is 0 Å². The van der Waals surface area contributed by atoms with E-state index in [1.165, 1.54) is 0 Å². The van der Waals surface area contributed by atoms with Crippen molar-refractivity contribution in [1.82, 2.24) is 9.55 Å². The van der Waals surface area contributed by atoms with Crippen LogP contribution in [-0.2, 0) is 0 Å².